The van der Waals surface area contributed by atoms with Gasteiger partial charge in [0.25, 0.3) is 5.91 Å². The number of rotatable bonds is 3. The van der Waals surface area contributed by atoms with Crippen molar-refractivity contribution in [2.24, 2.45) is 5.41 Å². The number of fused-ring (bicyclic) bond motifs is 5. The summed E-state index contributed by atoms with van der Waals surface area (Å²) < 4.78 is 2.98. The highest BCUT2D eigenvalue weighted by molar-refractivity contribution is 7.97. The molecular weight excluding hydrogens is 510 g/mol. The summed E-state index contributed by atoms with van der Waals surface area (Å²) in [4.78, 5) is 42.7. The molecule has 1 atom stereocenters. The highest BCUT2D eigenvalue weighted by Crippen LogP contribution is 2.41. The molecule has 9 nitrogen and oxygen atoms in total. The minimum atomic E-state index is -0.215. The fraction of sp³-hybridized carbons (Fsp3) is 0.586. The van der Waals surface area contributed by atoms with Crippen LogP contribution in [0.15, 0.2) is 35.4 Å². The van der Waals surface area contributed by atoms with Gasteiger partial charge < -0.3 is 15.1 Å². The van der Waals surface area contributed by atoms with Crippen molar-refractivity contribution in [1.82, 2.24) is 19.6 Å². The van der Waals surface area contributed by atoms with E-state index in [-0.39, 0.29) is 28.9 Å². The number of amides is 3. The number of hydrogen-bond donors (Lipinski definition) is 2. The molecule has 2 N–H and O–H groups in total. The second-order valence-electron chi connectivity index (χ2n) is 12.6. The summed E-state index contributed by atoms with van der Waals surface area (Å²) in [6, 6.07) is 9.67. The fourth-order valence-corrected chi connectivity index (χ4v) is 6.30. The van der Waals surface area contributed by atoms with Crippen LogP contribution in [0.4, 0.5) is 22.2 Å². The van der Waals surface area contributed by atoms with E-state index in [2.05, 4.69) is 54.5 Å². The molecule has 2 aromatic rings. The summed E-state index contributed by atoms with van der Waals surface area (Å²) in [6.07, 6.45) is 4.94. The summed E-state index contributed by atoms with van der Waals surface area (Å²) in [7, 11) is 0. The third kappa shape index (κ3) is 6.10. The Hall–Kier alpha value is -3.01. The number of carbonyl (C=O) groups is 2. The van der Waals surface area contributed by atoms with Gasteiger partial charge in [0.05, 0.1) is 5.56 Å². The number of urea groups is 1. The molecule has 0 aliphatic carbocycles. The van der Waals surface area contributed by atoms with Crippen molar-refractivity contribution in [3.8, 4) is 0 Å². The first kappa shape index (κ1) is 27.6. The Labute approximate surface area is 236 Å². The number of hydrogen-bond acceptors (Lipinski definition) is 7. The first-order chi connectivity index (χ1) is 18.5. The van der Waals surface area contributed by atoms with Gasteiger partial charge in [0.15, 0.2) is 0 Å². The van der Waals surface area contributed by atoms with Crippen LogP contribution in [-0.4, -0.2) is 64.6 Å². The van der Waals surface area contributed by atoms with Crippen molar-refractivity contribution < 1.29 is 9.59 Å². The molecule has 39 heavy (non-hydrogen) atoms. The lowest BCUT2D eigenvalue weighted by molar-refractivity contribution is 0.0984. The first-order valence-corrected chi connectivity index (χ1v) is 14.9. The quantitative estimate of drug-likeness (QED) is 0.484. The summed E-state index contributed by atoms with van der Waals surface area (Å²) in [5.74, 6) is 1.86. The molecule has 3 amide bonds. The molecule has 2 fully saturated rings. The van der Waals surface area contributed by atoms with Crippen LogP contribution in [0.25, 0.3) is 0 Å². The Kier molecular flexibility index (Phi) is 7.68. The van der Waals surface area contributed by atoms with Gasteiger partial charge in [0.2, 0.25) is 0 Å². The van der Waals surface area contributed by atoms with E-state index in [1.165, 1.54) is 11.9 Å². The van der Waals surface area contributed by atoms with E-state index in [1.807, 2.05) is 35.2 Å². The van der Waals surface area contributed by atoms with Crippen LogP contribution in [-0.2, 0) is 0 Å². The van der Waals surface area contributed by atoms with E-state index in [1.54, 1.807) is 4.90 Å². The van der Waals surface area contributed by atoms with Crippen LogP contribution < -0.4 is 19.8 Å². The van der Waals surface area contributed by atoms with Crippen LogP contribution in [0.2, 0.25) is 0 Å². The molecule has 3 aliphatic rings. The molecule has 5 rings (SSSR count). The lowest BCUT2D eigenvalue weighted by atomic mass is 9.92. The van der Waals surface area contributed by atoms with E-state index < -0.39 is 0 Å². The average molecular weight is 552 g/mol. The standard InChI is InChI=1S/C29H41N7O2S/c1-28(2,3)15-17-34-18-19-35(27(34)38)23-12-11-21-25(32-23)36-20(13-14-29(36,4)5)8-7-16-30-22-9-6-10-24(31-22)39-33-26(21)37/h6,9-12,20H,7-8,13-19H2,1-5H3,(H,30,31)(H,33,37). The maximum Gasteiger partial charge on any atom is 0.325 e. The minimum Gasteiger partial charge on any atom is -0.370 e. The Bertz CT molecular complexity index is 1230. The SMILES string of the molecule is CC(C)(C)CCN1CCN(c2ccc3c(n2)N2C(CCCNc4cccc(n4)SNC3=O)CCC2(C)C)C1=O. The Morgan fingerprint density at radius 2 is 1.90 bits per heavy atom. The van der Waals surface area contributed by atoms with Crippen molar-refractivity contribution in [1.29, 1.82) is 0 Å². The van der Waals surface area contributed by atoms with E-state index in [4.69, 9.17) is 4.98 Å². The molecule has 2 bridgehead atoms. The predicted molar refractivity (Wildman–Crippen MR) is 157 cm³/mol. The van der Waals surface area contributed by atoms with E-state index in [9.17, 15) is 9.59 Å². The molecule has 0 radical (unpaired) electrons. The molecule has 0 spiro atoms. The predicted octanol–water partition coefficient (Wildman–Crippen LogP) is 5.55. The molecule has 210 valence electrons. The van der Waals surface area contributed by atoms with Crippen molar-refractivity contribution in [2.75, 3.05) is 41.3 Å². The Morgan fingerprint density at radius 3 is 2.69 bits per heavy atom. The van der Waals surface area contributed by atoms with Crippen LogP contribution >= 0.6 is 11.9 Å². The van der Waals surface area contributed by atoms with Crippen molar-refractivity contribution in [3.63, 3.8) is 0 Å². The highest BCUT2D eigenvalue weighted by Gasteiger charge is 2.42. The Morgan fingerprint density at radius 1 is 1.08 bits per heavy atom. The summed E-state index contributed by atoms with van der Waals surface area (Å²) in [6.45, 7) is 13.9. The van der Waals surface area contributed by atoms with Gasteiger partial charge in [0.1, 0.15) is 22.5 Å². The van der Waals surface area contributed by atoms with Gasteiger partial charge in [-0.25, -0.2) is 14.8 Å². The van der Waals surface area contributed by atoms with Gasteiger partial charge >= 0.3 is 6.03 Å². The zero-order chi connectivity index (χ0) is 27.8. The van der Waals surface area contributed by atoms with Crippen LogP contribution in [0.5, 0.6) is 0 Å². The van der Waals surface area contributed by atoms with Crippen molar-refractivity contribution >= 4 is 41.3 Å². The fourth-order valence-electron chi connectivity index (χ4n) is 5.70. The smallest absolute Gasteiger partial charge is 0.325 e. The summed E-state index contributed by atoms with van der Waals surface area (Å²) in [5.41, 5.74) is 0.520. The summed E-state index contributed by atoms with van der Waals surface area (Å²) in [5, 5.41) is 4.14. The second-order valence-corrected chi connectivity index (χ2v) is 13.4. The molecule has 10 heteroatoms. The molecule has 0 saturated carbocycles. The number of nitrogens with zero attached hydrogens (tertiary/aromatic N) is 5. The molecule has 2 saturated heterocycles. The van der Waals surface area contributed by atoms with Crippen molar-refractivity contribution in [2.45, 2.75) is 83.3 Å². The minimum absolute atomic E-state index is 0.0122. The average Bonchev–Trinajstić information content (AvgIpc) is 3.40. The van der Waals surface area contributed by atoms with Crippen LogP contribution in [0.1, 0.15) is 77.1 Å². The summed E-state index contributed by atoms with van der Waals surface area (Å²) >= 11 is 1.20. The maximum absolute atomic E-state index is 13.6. The number of pyridine rings is 2. The molecular formula is C29H41N7O2S. The number of carbonyl (C=O) groups excluding carboxylic acids is 2. The topological polar surface area (TPSA) is 93.7 Å². The highest BCUT2D eigenvalue weighted by atomic mass is 32.2. The third-order valence-corrected chi connectivity index (χ3v) is 8.66. The van der Waals surface area contributed by atoms with E-state index >= 15 is 0 Å². The molecule has 0 aromatic carbocycles. The van der Waals surface area contributed by atoms with Gasteiger partial charge in [-0.15, -0.1) is 0 Å². The zero-order valence-corrected chi connectivity index (χ0v) is 24.6. The lowest BCUT2D eigenvalue weighted by Gasteiger charge is -2.38. The molecule has 2 aromatic heterocycles. The molecule has 1 unspecified atom stereocenters. The molecule has 3 aliphatic heterocycles. The van der Waals surface area contributed by atoms with Gasteiger partial charge in [-0.05, 0) is 75.6 Å². The van der Waals surface area contributed by atoms with Crippen LogP contribution in [0.3, 0.4) is 0 Å². The Balaban J connectivity index is 1.48. The third-order valence-electron chi connectivity index (χ3n) is 7.94. The van der Waals surface area contributed by atoms with Gasteiger partial charge in [-0.1, -0.05) is 26.8 Å². The van der Waals surface area contributed by atoms with Crippen LogP contribution in [0, 0.1) is 5.41 Å². The number of anilines is 3. The maximum atomic E-state index is 13.6. The van der Waals surface area contributed by atoms with Gasteiger partial charge in [-0.2, -0.15) is 0 Å². The normalized spacial score (nSPS) is 21.7. The largest absolute Gasteiger partial charge is 0.370 e. The van der Waals surface area contributed by atoms with Gasteiger partial charge in [0, 0.05) is 49.7 Å². The second kappa shape index (κ2) is 10.9. The number of aromatic nitrogens is 2. The molecule has 5 heterocycles. The van der Waals surface area contributed by atoms with E-state index in [0.29, 0.717) is 35.3 Å². The number of nitrogens with one attached hydrogen (secondary N) is 2. The van der Waals surface area contributed by atoms with E-state index in [0.717, 1.165) is 51.0 Å². The van der Waals surface area contributed by atoms with Gasteiger partial charge in [-0.3, -0.25) is 14.4 Å². The monoisotopic (exact) mass is 551 g/mol. The zero-order valence-electron chi connectivity index (χ0n) is 23.8. The first-order valence-electron chi connectivity index (χ1n) is 14.1. The van der Waals surface area contributed by atoms with Crippen molar-refractivity contribution in [3.05, 3.63) is 35.9 Å². The lowest BCUT2D eigenvalue weighted by Crippen LogP contribution is -2.45.